The average molecular weight is 345 g/mol. The van der Waals surface area contributed by atoms with Gasteiger partial charge in [0.05, 0.1) is 17.3 Å². The fraction of sp³-hybridized carbons (Fsp3) is 0.200. The number of nitriles is 1. The lowest BCUT2D eigenvalue weighted by atomic mass is 10.1. The molecule has 6 heteroatoms. The molecular weight excluding hydrogens is 326 g/mol. The molecule has 0 aliphatic rings. The van der Waals surface area contributed by atoms with Crippen LogP contribution in [0.5, 0.6) is 0 Å². The molecule has 0 saturated heterocycles. The van der Waals surface area contributed by atoms with Crippen molar-refractivity contribution in [2.75, 3.05) is 6.54 Å². The van der Waals surface area contributed by atoms with Gasteiger partial charge in [0.25, 0.3) is 5.91 Å². The molecule has 2 aromatic heterocycles. The topological polar surface area (TPSA) is 83.6 Å². The first-order chi connectivity index (χ1) is 12.6. The average Bonchev–Trinajstić information content (AvgIpc) is 2.97. The van der Waals surface area contributed by atoms with Gasteiger partial charge in [0.2, 0.25) is 0 Å². The van der Waals surface area contributed by atoms with Crippen LogP contribution in [0, 0.1) is 25.2 Å². The molecule has 0 radical (unpaired) electrons. The molecule has 1 amide bonds. The molecule has 3 aromatic rings. The zero-order valence-corrected chi connectivity index (χ0v) is 14.7. The number of pyridine rings is 1. The molecular formula is C20H19N5O. The Morgan fingerprint density at radius 2 is 1.96 bits per heavy atom. The third kappa shape index (κ3) is 3.62. The Morgan fingerprint density at radius 1 is 1.19 bits per heavy atom. The first kappa shape index (κ1) is 17.4. The van der Waals surface area contributed by atoms with E-state index in [2.05, 4.69) is 15.4 Å². The van der Waals surface area contributed by atoms with Crippen LogP contribution in [0.3, 0.4) is 0 Å². The summed E-state index contributed by atoms with van der Waals surface area (Å²) in [5.41, 5.74) is 4.14. The van der Waals surface area contributed by atoms with E-state index >= 15 is 0 Å². The number of benzene rings is 1. The maximum Gasteiger partial charge on any atom is 0.251 e. The second-order valence-electron chi connectivity index (χ2n) is 5.94. The van der Waals surface area contributed by atoms with Crippen LogP contribution in [-0.2, 0) is 6.42 Å². The van der Waals surface area contributed by atoms with Gasteiger partial charge in [-0.05, 0) is 62.2 Å². The predicted molar refractivity (Wildman–Crippen MR) is 98.0 cm³/mol. The van der Waals surface area contributed by atoms with Crippen molar-refractivity contribution in [1.82, 2.24) is 20.1 Å². The number of nitrogens with one attached hydrogen (secondary N) is 1. The summed E-state index contributed by atoms with van der Waals surface area (Å²) in [4.78, 5) is 16.5. The van der Waals surface area contributed by atoms with Crippen LogP contribution < -0.4 is 5.32 Å². The molecule has 3 rings (SSSR count). The lowest BCUT2D eigenvalue weighted by molar-refractivity contribution is 0.0954. The maximum absolute atomic E-state index is 12.2. The molecule has 1 aromatic carbocycles. The van der Waals surface area contributed by atoms with E-state index in [1.54, 1.807) is 30.5 Å². The van der Waals surface area contributed by atoms with Crippen LogP contribution in [0.4, 0.5) is 0 Å². The molecule has 0 fully saturated rings. The Balaban J connectivity index is 1.66. The molecule has 0 saturated carbocycles. The van der Waals surface area contributed by atoms with Gasteiger partial charge in [-0.1, -0.05) is 6.07 Å². The summed E-state index contributed by atoms with van der Waals surface area (Å²) in [5, 5.41) is 16.3. The first-order valence-corrected chi connectivity index (χ1v) is 8.35. The number of carbonyl (C=O) groups is 1. The first-order valence-electron chi connectivity index (χ1n) is 8.35. The summed E-state index contributed by atoms with van der Waals surface area (Å²) in [5.74, 6) is 0.628. The lowest BCUT2D eigenvalue weighted by Crippen LogP contribution is -2.25. The van der Waals surface area contributed by atoms with E-state index in [1.807, 2.05) is 42.8 Å². The summed E-state index contributed by atoms with van der Waals surface area (Å²) < 4.78 is 1.83. The lowest BCUT2D eigenvalue weighted by Gasteiger charge is -2.07. The Kier molecular flexibility index (Phi) is 5.09. The van der Waals surface area contributed by atoms with Gasteiger partial charge in [-0.3, -0.25) is 4.79 Å². The van der Waals surface area contributed by atoms with Crippen molar-refractivity contribution >= 4 is 5.91 Å². The minimum atomic E-state index is -0.151. The summed E-state index contributed by atoms with van der Waals surface area (Å²) in [6.45, 7) is 4.48. The van der Waals surface area contributed by atoms with E-state index in [0.29, 0.717) is 24.1 Å². The number of hydrogen-bond donors (Lipinski definition) is 1. The minimum Gasteiger partial charge on any atom is -0.352 e. The molecule has 0 aliphatic heterocycles. The molecule has 0 atom stereocenters. The number of rotatable bonds is 5. The number of nitrogens with zero attached hydrogens (tertiary/aromatic N) is 4. The van der Waals surface area contributed by atoms with Gasteiger partial charge < -0.3 is 5.32 Å². The van der Waals surface area contributed by atoms with Crippen molar-refractivity contribution in [3.8, 4) is 11.9 Å². The monoisotopic (exact) mass is 345 g/mol. The largest absolute Gasteiger partial charge is 0.352 e. The quantitative estimate of drug-likeness (QED) is 0.771. The third-order valence-electron chi connectivity index (χ3n) is 4.24. The Morgan fingerprint density at radius 3 is 2.62 bits per heavy atom. The Labute approximate surface area is 152 Å². The molecule has 26 heavy (non-hydrogen) atoms. The van der Waals surface area contributed by atoms with Gasteiger partial charge in [0, 0.05) is 24.0 Å². The van der Waals surface area contributed by atoms with Crippen molar-refractivity contribution < 1.29 is 4.79 Å². The summed E-state index contributed by atoms with van der Waals surface area (Å²) >= 11 is 0. The van der Waals surface area contributed by atoms with Crippen LogP contribution in [0.2, 0.25) is 0 Å². The van der Waals surface area contributed by atoms with Crippen LogP contribution in [0.15, 0.2) is 48.7 Å². The highest BCUT2D eigenvalue weighted by Gasteiger charge is 2.13. The predicted octanol–water partition coefficient (Wildman–Crippen LogP) is 2.73. The highest BCUT2D eigenvalue weighted by molar-refractivity contribution is 5.94. The van der Waals surface area contributed by atoms with Crippen LogP contribution >= 0.6 is 0 Å². The van der Waals surface area contributed by atoms with Gasteiger partial charge in [0.1, 0.15) is 0 Å². The van der Waals surface area contributed by atoms with Crippen molar-refractivity contribution in [3.63, 3.8) is 0 Å². The smallest absolute Gasteiger partial charge is 0.251 e. The van der Waals surface area contributed by atoms with E-state index < -0.39 is 0 Å². The third-order valence-corrected chi connectivity index (χ3v) is 4.24. The highest BCUT2D eigenvalue weighted by atomic mass is 16.1. The summed E-state index contributed by atoms with van der Waals surface area (Å²) in [6.07, 6.45) is 2.43. The Hall–Kier alpha value is -3.46. The van der Waals surface area contributed by atoms with E-state index in [1.165, 1.54) is 0 Å². The number of hydrogen-bond acceptors (Lipinski definition) is 4. The summed E-state index contributed by atoms with van der Waals surface area (Å²) in [7, 11) is 0. The minimum absolute atomic E-state index is 0.151. The zero-order valence-electron chi connectivity index (χ0n) is 14.7. The molecule has 0 aliphatic carbocycles. The summed E-state index contributed by atoms with van der Waals surface area (Å²) in [6, 6.07) is 14.3. The number of aryl methyl sites for hydroxylation is 1. The molecule has 2 heterocycles. The van der Waals surface area contributed by atoms with Gasteiger partial charge >= 0.3 is 0 Å². The van der Waals surface area contributed by atoms with Crippen molar-refractivity contribution in [2.45, 2.75) is 20.3 Å². The van der Waals surface area contributed by atoms with E-state index in [9.17, 15) is 4.79 Å². The second kappa shape index (κ2) is 7.62. The standard InChI is InChI=1S/C20H19N5O/c1-14-18(15(2)25(24-14)19-5-3-4-11-22-19)10-12-23-20(26)17-8-6-16(13-21)7-9-17/h3-9,11H,10,12H2,1-2H3,(H,23,26). The molecule has 0 unspecified atom stereocenters. The van der Waals surface area contributed by atoms with E-state index in [4.69, 9.17) is 5.26 Å². The normalized spacial score (nSPS) is 10.3. The number of carbonyl (C=O) groups excluding carboxylic acids is 1. The second-order valence-corrected chi connectivity index (χ2v) is 5.94. The van der Waals surface area contributed by atoms with Gasteiger partial charge in [-0.2, -0.15) is 10.4 Å². The fourth-order valence-electron chi connectivity index (χ4n) is 2.84. The van der Waals surface area contributed by atoms with Gasteiger partial charge in [-0.15, -0.1) is 0 Å². The fourth-order valence-corrected chi connectivity index (χ4v) is 2.84. The molecule has 1 N–H and O–H groups in total. The van der Waals surface area contributed by atoms with E-state index in [-0.39, 0.29) is 5.91 Å². The number of amides is 1. The van der Waals surface area contributed by atoms with Crippen molar-refractivity contribution in [1.29, 1.82) is 5.26 Å². The molecule has 130 valence electrons. The van der Waals surface area contributed by atoms with E-state index in [0.717, 1.165) is 22.8 Å². The van der Waals surface area contributed by atoms with Gasteiger partial charge in [0.15, 0.2) is 5.82 Å². The van der Waals surface area contributed by atoms with Crippen LogP contribution in [0.25, 0.3) is 5.82 Å². The Bertz CT molecular complexity index is 952. The van der Waals surface area contributed by atoms with Crippen molar-refractivity contribution in [3.05, 3.63) is 76.7 Å². The number of aromatic nitrogens is 3. The zero-order chi connectivity index (χ0) is 18.5. The van der Waals surface area contributed by atoms with Crippen LogP contribution in [-0.4, -0.2) is 27.2 Å². The van der Waals surface area contributed by atoms with Crippen molar-refractivity contribution in [2.24, 2.45) is 0 Å². The van der Waals surface area contributed by atoms with Gasteiger partial charge in [-0.25, -0.2) is 9.67 Å². The molecule has 0 bridgehead atoms. The molecule has 6 nitrogen and oxygen atoms in total. The molecule has 0 spiro atoms. The highest BCUT2D eigenvalue weighted by Crippen LogP contribution is 2.17. The van der Waals surface area contributed by atoms with Crippen LogP contribution in [0.1, 0.15) is 32.9 Å². The SMILES string of the molecule is Cc1nn(-c2ccccn2)c(C)c1CCNC(=O)c1ccc(C#N)cc1. The maximum atomic E-state index is 12.2.